The average molecular weight is 286 g/mol. The van der Waals surface area contributed by atoms with Gasteiger partial charge in [0.2, 0.25) is 5.91 Å². The summed E-state index contributed by atoms with van der Waals surface area (Å²) in [6, 6.07) is 4.65. The monoisotopic (exact) mass is 286 g/mol. The molecule has 1 aliphatic rings. The first-order valence-corrected chi connectivity index (χ1v) is 6.64. The molecule has 0 bridgehead atoms. The summed E-state index contributed by atoms with van der Waals surface area (Å²) in [5, 5.41) is 5.87. The van der Waals surface area contributed by atoms with E-state index in [9.17, 15) is 18.0 Å². The van der Waals surface area contributed by atoms with E-state index < -0.39 is 11.7 Å². The van der Waals surface area contributed by atoms with Crippen LogP contribution in [-0.4, -0.2) is 18.5 Å². The van der Waals surface area contributed by atoms with Crippen molar-refractivity contribution < 1.29 is 18.0 Å². The highest BCUT2D eigenvalue weighted by molar-refractivity contribution is 5.81. The number of benzene rings is 1. The molecule has 1 saturated heterocycles. The van der Waals surface area contributed by atoms with Crippen molar-refractivity contribution in [1.82, 2.24) is 10.6 Å². The number of amides is 1. The zero-order valence-electron chi connectivity index (χ0n) is 11.0. The first-order chi connectivity index (χ1) is 9.47. The molecule has 1 aromatic rings. The number of alkyl halides is 3. The second kappa shape index (κ2) is 6.26. The minimum atomic E-state index is -4.33. The molecule has 1 unspecified atom stereocenters. The smallest absolute Gasteiger partial charge is 0.351 e. The maximum absolute atomic E-state index is 12.4. The maximum atomic E-state index is 12.4. The van der Waals surface area contributed by atoms with Gasteiger partial charge in [0.15, 0.2) is 0 Å². The first kappa shape index (κ1) is 14.8. The lowest BCUT2D eigenvalue weighted by Gasteiger charge is -2.22. The molecular formula is C14H17F3N2O. The van der Waals surface area contributed by atoms with Gasteiger partial charge in [-0.2, -0.15) is 13.2 Å². The summed E-state index contributed by atoms with van der Waals surface area (Å²) in [6.07, 6.45) is -1.43. The highest BCUT2D eigenvalue weighted by Gasteiger charge is 2.29. The third-order valence-electron chi connectivity index (χ3n) is 3.37. The summed E-state index contributed by atoms with van der Waals surface area (Å²) in [4.78, 5) is 11.8. The Labute approximate surface area is 115 Å². The van der Waals surface area contributed by atoms with E-state index in [4.69, 9.17) is 0 Å². The van der Waals surface area contributed by atoms with Gasteiger partial charge >= 0.3 is 6.18 Å². The van der Waals surface area contributed by atoms with Gasteiger partial charge in [0.05, 0.1) is 11.6 Å². The van der Waals surface area contributed by atoms with Gasteiger partial charge in [0, 0.05) is 6.54 Å². The number of rotatable bonds is 3. The van der Waals surface area contributed by atoms with Crippen LogP contribution in [0.15, 0.2) is 24.3 Å². The SMILES string of the molecule is O=C(NCc1ccc(C(F)(F)F)cc1)C1CCCCN1. The minimum Gasteiger partial charge on any atom is -0.351 e. The Morgan fingerprint density at radius 2 is 1.95 bits per heavy atom. The number of hydrogen-bond acceptors (Lipinski definition) is 2. The van der Waals surface area contributed by atoms with Crippen LogP contribution in [0.25, 0.3) is 0 Å². The van der Waals surface area contributed by atoms with Crippen molar-refractivity contribution in [2.75, 3.05) is 6.54 Å². The van der Waals surface area contributed by atoms with E-state index in [-0.39, 0.29) is 18.5 Å². The quantitative estimate of drug-likeness (QED) is 0.896. The predicted molar refractivity (Wildman–Crippen MR) is 68.9 cm³/mol. The Morgan fingerprint density at radius 1 is 1.25 bits per heavy atom. The van der Waals surface area contributed by atoms with Crippen LogP contribution in [-0.2, 0) is 17.5 Å². The molecule has 1 atom stereocenters. The Balaban J connectivity index is 1.86. The van der Waals surface area contributed by atoms with E-state index in [1.807, 2.05) is 0 Å². The van der Waals surface area contributed by atoms with Crippen LogP contribution in [0.3, 0.4) is 0 Å². The third-order valence-corrected chi connectivity index (χ3v) is 3.37. The van der Waals surface area contributed by atoms with E-state index in [0.717, 1.165) is 37.9 Å². The zero-order valence-corrected chi connectivity index (χ0v) is 11.0. The summed E-state index contributed by atoms with van der Waals surface area (Å²) in [7, 11) is 0. The summed E-state index contributed by atoms with van der Waals surface area (Å²) >= 11 is 0. The fraction of sp³-hybridized carbons (Fsp3) is 0.500. The minimum absolute atomic E-state index is 0.0930. The lowest BCUT2D eigenvalue weighted by molar-refractivity contribution is -0.137. The van der Waals surface area contributed by atoms with E-state index in [0.29, 0.717) is 5.56 Å². The topological polar surface area (TPSA) is 41.1 Å². The van der Waals surface area contributed by atoms with Gasteiger partial charge in [0.1, 0.15) is 0 Å². The highest BCUT2D eigenvalue weighted by atomic mass is 19.4. The third kappa shape index (κ3) is 3.96. The van der Waals surface area contributed by atoms with Crippen LogP contribution in [0, 0.1) is 0 Å². The molecule has 0 aromatic heterocycles. The molecule has 1 amide bonds. The molecule has 6 heteroatoms. The van der Waals surface area contributed by atoms with Gasteiger partial charge in [-0.25, -0.2) is 0 Å². The fourth-order valence-corrected chi connectivity index (χ4v) is 2.20. The van der Waals surface area contributed by atoms with Crippen LogP contribution in [0.5, 0.6) is 0 Å². The molecule has 0 aliphatic carbocycles. The van der Waals surface area contributed by atoms with Crippen molar-refractivity contribution in [1.29, 1.82) is 0 Å². The normalized spacial score (nSPS) is 19.6. The van der Waals surface area contributed by atoms with Gasteiger partial charge in [-0.05, 0) is 37.1 Å². The molecule has 1 heterocycles. The molecule has 2 rings (SSSR count). The molecule has 1 fully saturated rings. The van der Waals surface area contributed by atoms with E-state index >= 15 is 0 Å². The van der Waals surface area contributed by atoms with Crippen molar-refractivity contribution in [2.45, 2.75) is 38.0 Å². The van der Waals surface area contributed by atoms with Gasteiger partial charge in [-0.1, -0.05) is 18.6 Å². The lowest BCUT2D eigenvalue weighted by Crippen LogP contribution is -2.46. The molecule has 20 heavy (non-hydrogen) atoms. The van der Waals surface area contributed by atoms with Gasteiger partial charge in [-0.3, -0.25) is 4.79 Å². The van der Waals surface area contributed by atoms with Gasteiger partial charge < -0.3 is 10.6 Å². The first-order valence-electron chi connectivity index (χ1n) is 6.64. The molecule has 0 spiro atoms. The lowest BCUT2D eigenvalue weighted by atomic mass is 10.0. The van der Waals surface area contributed by atoms with Crippen molar-refractivity contribution in [2.24, 2.45) is 0 Å². The van der Waals surface area contributed by atoms with Crippen LogP contribution < -0.4 is 10.6 Å². The van der Waals surface area contributed by atoms with Crippen LogP contribution >= 0.6 is 0 Å². The summed E-state index contributed by atoms with van der Waals surface area (Å²) in [6.45, 7) is 1.08. The highest BCUT2D eigenvalue weighted by Crippen LogP contribution is 2.29. The molecule has 2 N–H and O–H groups in total. The van der Waals surface area contributed by atoms with Crippen molar-refractivity contribution in [3.63, 3.8) is 0 Å². The molecule has 0 radical (unpaired) electrons. The Kier molecular flexibility index (Phi) is 4.65. The van der Waals surface area contributed by atoms with Gasteiger partial charge in [0.25, 0.3) is 0 Å². The predicted octanol–water partition coefficient (Wildman–Crippen LogP) is 2.46. The van der Waals surface area contributed by atoms with Crippen LogP contribution in [0.1, 0.15) is 30.4 Å². The number of hydrogen-bond donors (Lipinski definition) is 2. The number of halogens is 3. The average Bonchev–Trinajstić information content (AvgIpc) is 2.45. The standard InChI is InChI=1S/C14H17F3N2O/c15-14(16,17)11-6-4-10(5-7-11)9-19-13(20)12-3-1-2-8-18-12/h4-7,12,18H,1-3,8-9H2,(H,19,20). The van der Waals surface area contributed by atoms with Crippen LogP contribution in [0.2, 0.25) is 0 Å². The number of carbonyl (C=O) groups excluding carboxylic acids is 1. The maximum Gasteiger partial charge on any atom is 0.416 e. The van der Waals surface area contributed by atoms with Crippen LogP contribution in [0.4, 0.5) is 13.2 Å². The van der Waals surface area contributed by atoms with Gasteiger partial charge in [-0.15, -0.1) is 0 Å². The Bertz CT molecular complexity index is 450. The summed E-state index contributed by atoms with van der Waals surface area (Å²) in [5.74, 6) is -0.0930. The Hall–Kier alpha value is -1.56. The largest absolute Gasteiger partial charge is 0.416 e. The molecular weight excluding hydrogens is 269 g/mol. The number of piperidine rings is 1. The molecule has 1 aromatic carbocycles. The zero-order chi connectivity index (χ0) is 14.6. The van der Waals surface area contributed by atoms with E-state index in [2.05, 4.69) is 10.6 Å². The van der Waals surface area contributed by atoms with Crippen molar-refractivity contribution >= 4 is 5.91 Å². The molecule has 0 saturated carbocycles. The van der Waals surface area contributed by atoms with E-state index in [1.54, 1.807) is 0 Å². The molecule has 110 valence electrons. The Morgan fingerprint density at radius 3 is 2.50 bits per heavy atom. The fourth-order valence-electron chi connectivity index (χ4n) is 2.20. The molecule has 1 aliphatic heterocycles. The van der Waals surface area contributed by atoms with Crippen molar-refractivity contribution in [3.05, 3.63) is 35.4 Å². The second-order valence-electron chi connectivity index (χ2n) is 4.91. The number of nitrogens with one attached hydrogen (secondary N) is 2. The summed E-state index contributed by atoms with van der Waals surface area (Å²) < 4.78 is 37.2. The summed E-state index contributed by atoms with van der Waals surface area (Å²) in [5.41, 5.74) is -0.0244. The van der Waals surface area contributed by atoms with Crippen molar-refractivity contribution in [3.8, 4) is 0 Å². The number of carbonyl (C=O) groups is 1. The molecule has 3 nitrogen and oxygen atoms in total. The second-order valence-corrected chi connectivity index (χ2v) is 4.91. The van der Waals surface area contributed by atoms with E-state index in [1.165, 1.54) is 12.1 Å².